The monoisotopic (exact) mass is 931 g/mol. The first-order valence-corrected chi connectivity index (χ1v) is 17.4. The molecule has 0 saturated carbocycles. The van der Waals surface area contributed by atoms with Crippen LogP contribution < -0.4 is 26.4 Å². The van der Waals surface area contributed by atoms with Gasteiger partial charge in [0.05, 0.1) is 4.90 Å². The van der Waals surface area contributed by atoms with Crippen molar-refractivity contribution in [1.82, 2.24) is 0 Å². The van der Waals surface area contributed by atoms with Crippen molar-refractivity contribution in [1.29, 1.82) is 0 Å². The number of aromatic nitrogens is 1. The molecule has 7 aromatic rings. The molecule has 1 nitrogen and oxygen atoms in total. The zero-order valence-electron chi connectivity index (χ0n) is 30.1. The van der Waals surface area contributed by atoms with Gasteiger partial charge in [-0.05, 0) is 18.2 Å². The maximum absolute atomic E-state index is 15.4. The molecule has 0 aliphatic carbocycles. The van der Waals surface area contributed by atoms with E-state index in [4.69, 9.17) is 0 Å². The van der Waals surface area contributed by atoms with Crippen LogP contribution in [0.15, 0.2) is 71.8 Å². The molecule has 7 rings (SSSR count). The second kappa shape index (κ2) is 17.1. The van der Waals surface area contributed by atoms with E-state index >= 15 is 35.1 Å². The normalized spacial score (nSPS) is 11.6. The van der Waals surface area contributed by atoms with Crippen LogP contribution >= 0.6 is 12.6 Å². The number of fused-ring (bicyclic) bond motifs is 1. The molecular formula is C40H14BF20NS. The molecule has 0 amide bonds. The molecule has 0 fully saturated rings. The highest BCUT2D eigenvalue weighted by molar-refractivity contribution is 7.80. The van der Waals surface area contributed by atoms with Gasteiger partial charge in [-0.3, -0.25) is 0 Å². The standard InChI is InChI=1S/C24BF20.C16H13NS/c26-5-1(6(27)14(35)21(42)13(5)34)25(2-7(28)15(36)22(43)16(37)8(2)29,3-9(30)17(38)23(44)18(39)10(3)31)4-11(32)19(40)24(45)20(41)12(4)33;18-15-10-4-8-14-9-5-11-17(16(14)15)12-13-6-2-1-3-7-13/h;1-11H,12H2/q-1;/p+1. The van der Waals surface area contributed by atoms with Gasteiger partial charge >= 0.3 is 0 Å². The van der Waals surface area contributed by atoms with Crippen LogP contribution in [0.5, 0.6) is 0 Å². The fraction of sp³-hybridized carbons (Fsp3) is 0.0250. The quantitative estimate of drug-likeness (QED) is 0.0424. The van der Waals surface area contributed by atoms with E-state index in [-0.39, 0.29) is 0 Å². The molecule has 0 N–H and O–H groups in total. The number of pyridine rings is 1. The van der Waals surface area contributed by atoms with Gasteiger partial charge in [0, 0.05) is 17.0 Å². The molecule has 0 atom stereocenters. The minimum atomic E-state index is -7.22. The van der Waals surface area contributed by atoms with Crippen LogP contribution in [0, 0.1) is 116 Å². The van der Waals surface area contributed by atoms with Crippen LogP contribution in [0.1, 0.15) is 5.56 Å². The fourth-order valence-corrected chi connectivity index (χ4v) is 7.45. The zero-order valence-corrected chi connectivity index (χ0v) is 31.0. The molecule has 0 spiro atoms. The Morgan fingerprint density at radius 3 is 0.937 bits per heavy atom. The van der Waals surface area contributed by atoms with Crippen molar-refractivity contribution in [3.05, 3.63) is 189 Å². The highest BCUT2D eigenvalue weighted by Crippen LogP contribution is 2.31. The maximum Gasteiger partial charge on any atom is 0.226 e. The van der Waals surface area contributed by atoms with Crippen molar-refractivity contribution >= 4 is 51.5 Å². The molecule has 63 heavy (non-hydrogen) atoms. The fourth-order valence-electron chi connectivity index (χ4n) is 7.11. The van der Waals surface area contributed by atoms with E-state index in [2.05, 4.69) is 65.9 Å². The lowest BCUT2D eigenvalue weighted by Crippen LogP contribution is -2.81. The largest absolute Gasteiger partial charge is 0.226 e. The number of benzene rings is 6. The smallest absolute Gasteiger partial charge is 0.207 e. The van der Waals surface area contributed by atoms with Gasteiger partial charge in [0.15, 0.2) is 82.5 Å². The second-order valence-electron chi connectivity index (χ2n) is 13.1. The number of halogens is 20. The first-order chi connectivity index (χ1) is 29.5. The summed E-state index contributed by atoms with van der Waals surface area (Å²) in [5.74, 6) is -71.4. The average molecular weight is 931 g/mol. The average Bonchev–Trinajstić information content (AvgIpc) is 3.27. The Morgan fingerprint density at radius 1 is 0.333 bits per heavy atom. The Morgan fingerprint density at radius 2 is 0.619 bits per heavy atom. The first-order valence-electron chi connectivity index (χ1n) is 16.9. The lowest BCUT2D eigenvalue weighted by molar-refractivity contribution is -0.663. The molecule has 0 aliphatic heterocycles. The van der Waals surface area contributed by atoms with Gasteiger partial charge in [-0.1, -0.05) is 36.4 Å². The maximum atomic E-state index is 15.4. The first kappa shape index (κ1) is 46.3. The molecule has 1 heterocycles. The molecule has 0 radical (unpaired) electrons. The van der Waals surface area contributed by atoms with Crippen LogP contribution in [-0.4, -0.2) is 6.15 Å². The highest BCUT2D eigenvalue weighted by Gasteiger charge is 2.52. The Hall–Kier alpha value is -6.26. The van der Waals surface area contributed by atoms with Gasteiger partial charge in [0.2, 0.25) is 5.52 Å². The summed E-state index contributed by atoms with van der Waals surface area (Å²) in [6.45, 7) is 0.871. The lowest BCUT2D eigenvalue weighted by atomic mass is 9.12. The van der Waals surface area contributed by atoms with Crippen LogP contribution in [-0.2, 0) is 6.54 Å². The minimum Gasteiger partial charge on any atom is -0.207 e. The Kier molecular flexibility index (Phi) is 12.6. The van der Waals surface area contributed by atoms with E-state index < -0.39 is 144 Å². The zero-order chi connectivity index (χ0) is 46.7. The Labute approximate surface area is 343 Å². The predicted molar refractivity (Wildman–Crippen MR) is 186 cm³/mol. The molecule has 0 unspecified atom stereocenters. The van der Waals surface area contributed by atoms with Crippen LogP contribution in [0.25, 0.3) is 10.9 Å². The van der Waals surface area contributed by atoms with Crippen molar-refractivity contribution in [2.24, 2.45) is 0 Å². The van der Waals surface area contributed by atoms with E-state index in [1.165, 1.54) is 16.5 Å². The summed E-state index contributed by atoms with van der Waals surface area (Å²) in [6.07, 6.45) is -5.11. The van der Waals surface area contributed by atoms with Gasteiger partial charge in [-0.2, -0.15) is 4.57 Å². The van der Waals surface area contributed by atoms with Crippen molar-refractivity contribution < 1.29 is 92.4 Å². The Bertz CT molecular complexity index is 2610. The number of hydrogen-bond donors (Lipinski definition) is 1. The van der Waals surface area contributed by atoms with Crippen molar-refractivity contribution in [2.75, 3.05) is 0 Å². The van der Waals surface area contributed by atoms with E-state index in [1.807, 2.05) is 18.2 Å². The van der Waals surface area contributed by atoms with Gasteiger partial charge in [0.1, 0.15) is 52.7 Å². The van der Waals surface area contributed by atoms with Crippen molar-refractivity contribution in [2.45, 2.75) is 11.4 Å². The summed E-state index contributed by atoms with van der Waals surface area (Å²) in [7, 11) is 0. The SMILES string of the molecule is Fc1c(F)c(F)c([B-](c2c(F)c(F)c(F)c(F)c2F)(c2c(F)c(F)c(F)c(F)c2F)c2c(F)c(F)c(F)c(F)c2F)c(F)c1F.Sc1cccc2ccc[n+](Cc3ccccc3)c12. The minimum absolute atomic E-state index is 0.871. The third kappa shape index (κ3) is 7.18. The summed E-state index contributed by atoms with van der Waals surface area (Å²) in [6, 6.07) is 20.9. The molecule has 0 aliphatic rings. The van der Waals surface area contributed by atoms with E-state index in [9.17, 15) is 52.7 Å². The predicted octanol–water partition coefficient (Wildman–Crippen LogP) is 9.31. The number of nitrogens with zero attached hydrogens (tertiary/aromatic N) is 1. The number of rotatable bonds is 6. The summed E-state index contributed by atoms with van der Waals surface area (Å²) in [5, 5.41) is 1.22. The van der Waals surface area contributed by atoms with Gasteiger partial charge < -0.3 is 0 Å². The van der Waals surface area contributed by atoms with Gasteiger partial charge in [-0.25, -0.2) is 87.8 Å². The second-order valence-corrected chi connectivity index (χ2v) is 13.6. The van der Waals surface area contributed by atoms with E-state index in [0.29, 0.717) is 0 Å². The summed E-state index contributed by atoms with van der Waals surface area (Å²) >= 11 is 4.57. The summed E-state index contributed by atoms with van der Waals surface area (Å²) in [4.78, 5) is 1.02. The molecule has 6 aromatic carbocycles. The van der Waals surface area contributed by atoms with Gasteiger partial charge in [0.25, 0.3) is 0 Å². The van der Waals surface area contributed by atoms with E-state index in [0.717, 1.165) is 11.4 Å². The van der Waals surface area contributed by atoms with Gasteiger partial charge in [-0.15, -0.1) is 34.5 Å². The number of thiol groups is 1. The molecule has 0 saturated heterocycles. The van der Waals surface area contributed by atoms with Crippen LogP contribution in [0.2, 0.25) is 0 Å². The van der Waals surface area contributed by atoms with Crippen molar-refractivity contribution in [3.8, 4) is 0 Å². The molecule has 23 heteroatoms. The highest BCUT2D eigenvalue weighted by atomic mass is 32.1. The van der Waals surface area contributed by atoms with Crippen LogP contribution in [0.4, 0.5) is 87.8 Å². The van der Waals surface area contributed by atoms with Crippen LogP contribution in [0.3, 0.4) is 0 Å². The molecular weight excluding hydrogens is 917 g/mol. The Balaban J connectivity index is 0.000000302. The summed E-state index contributed by atoms with van der Waals surface area (Å²) < 4.78 is 296. The molecule has 1 aromatic heterocycles. The molecule has 328 valence electrons. The third-order valence-corrected chi connectivity index (χ3v) is 10.1. The van der Waals surface area contributed by atoms with Crippen molar-refractivity contribution in [3.63, 3.8) is 0 Å². The number of para-hydroxylation sites is 1. The molecule has 0 bridgehead atoms. The third-order valence-electron chi connectivity index (χ3n) is 9.78. The summed E-state index contributed by atoms with van der Waals surface area (Å²) in [5.41, 5.74) is -11.8. The van der Waals surface area contributed by atoms with E-state index in [1.54, 1.807) is 0 Å². The lowest BCUT2D eigenvalue weighted by Gasteiger charge is -2.44. The number of hydrogen-bond acceptors (Lipinski definition) is 1. The topological polar surface area (TPSA) is 3.88 Å².